The number of hydrogen-bond donors (Lipinski definition) is 1. The number of rotatable bonds is 2. The first kappa shape index (κ1) is 8.76. The Balaban J connectivity index is 1.98. The minimum absolute atomic E-state index is 0.834. The van der Waals surface area contributed by atoms with E-state index in [0.717, 1.165) is 11.8 Å². The van der Waals surface area contributed by atoms with Gasteiger partial charge >= 0.3 is 0 Å². The van der Waals surface area contributed by atoms with Crippen molar-refractivity contribution in [3.63, 3.8) is 0 Å². The molecule has 0 unspecified atom stereocenters. The van der Waals surface area contributed by atoms with Crippen LogP contribution in [0.3, 0.4) is 0 Å². The van der Waals surface area contributed by atoms with E-state index in [9.17, 15) is 0 Å². The molecule has 0 saturated carbocycles. The van der Waals surface area contributed by atoms with Crippen molar-refractivity contribution < 1.29 is 0 Å². The van der Waals surface area contributed by atoms with Crippen molar-refractivity contribution in [3.05, 3.63) is 35.9 Å². The van der Waals surface area contributed by atoms with E-state index in [2.05, 4.69) is 42.6 Å². The zero-order valence-corrected chi connectivity index (χ0v) is 8.16. The predicted octanol–water partition coefficient (Wildman–Crippen LogP) is 2.08. The van der Waals surface area contributed by atoms with Gasteiger partial charge in [0, 0.05) is 0 Å². The standard InChI is InChI=1S/C12H17N/c1-10-8-13-9-12(10)7-11-5-3-2-4-6-11/h2-6,10,12-13H,7-9H2,1H3/t10-,12-/m1/s1. The summed E-state index contributed by atoms with van der Waals surface area (Å²) < 4.78 is 0. The van der Waals surface area contributed by atoms with Gasteiger partial charge in [-0.2, -0.15) is 0 Å². The molecule has 0 radical (unpaired) electrons. The van der Waals surface area contributed by atoms with E-state index in [4.69, 9.17) is 0 Å². The number of benzene rings is 1. The summed E-state index contributed by atoms with van der Waals surface area (Å²) in [5.41, 5.74) is 1.48. The number of hydrogen-bond acceptors (Lipinski definition) is 1. The third kappa shape index (κ3) is 2.10. The Morgan fingerprint density at radius 3 is 2.62 bits per heavy atom. The lowest BCUT2D eigenvalue weighted by atomic mass is 9.91. The Kier molecular flexibility index (Phi) is 2.65. The Morgan fingerprint density at radius 1 is 1.23 bits per heavy atom. The molecular formula is C12H17N. The molecule has 1 N–H and O–H groups in total. The average molecular weight is 175 g/mol. The van der Waals surface area contributed by atoms with Gasteiger partial charge in [-0.1, -0.05) is 37.3 Å². The largest absolute Gasteiger partial charge is 0.316 e. The molecular weight excluding hydrogens is 158 g/mol. The van der Waals surface area contributed by atoms with Gasteiger partial charge in [0.15, 0.2) is 0 Å². The fourth-order valence-corrected chi connectivity index (χ4v) is 2.05. The van der Waals surface area contributed by atoms with Crippen LogP contribution in [0, 0.1) is 11.8 Å². The van der Waals surface area contributed by atoms with Crippen LogP contribution in [0.2, 0.25) is 0 Å². The van der Waals surface area contributed by atoms with E-state index in [0.29, 0.717) is 0 Å². The summed E-state index contributed by atoms with van der Waals surface area (Å²) in [7, 11) is 0. The third-order valence-electron chi connectivity index (χ3n) is 3.02. The quantitative estimate of drug-likeness (QED) is 0.725. The fraction of sp³-hybridized carbons (Fsp3) is 0.500. The lowest BCUT2D eigenvalue weighted by Gasteiger charge is -2.13. The van der Waals surface area contributed by atoms with Crippen LogP contribution in [0.1, 0.15) is 12.5 Å². The van der Waals surface area contributed by atoms with E-state index in [1.807, 2.05) is 0 Å². The highest BCUT2D eigenvalue weighted by Gasteiger charge is 2.22. The molecule has 2 atom stereocenters. The molecule has 1 aliphatic heterocycles. The third-order valence-corrected chi connectivity index (χ3v) is 3.02. The van der Waals surface area contributed by atoms with Gasteiger partial charge in [0.25, 0.3) is 0 Å². The van der Waals surface area contributed by atoms with Crippen molar-refractivity contribution in [2.45, 2.75) is 13.3 Å². The first-order chi connectivity index (χ1) is 6.36. The maximum Gasteiger partial charge on any atom is -0.00142 e. The molecule has 1 aromatic carbocycles. The second kappa shape index (κ2) is 3.93. The Morgan fingerprint density at radius 2 is 2.00 bits per heavy atom. The molecule has 1 aliphatic rings. The second-order valence-corrected chi connectivity index (χ2v) is 4.09. The minimum Gasteiger partial charge on any atom is -0.316 e. The van der Waals surface area contributed by atoms with E-state index in [1.165, 1.54) is 25.1 Å². The van der Waals surface area contributed by atoms with Gasteiger partial charge in [0.2, 0.25) is 0 Å². The molecule has 1 saturated heterocycles. The fourth-order valence-electron chi connectivity index (χ4n) is 2.05. The zero-order chi connectivity index (χ0) is 9.10. The highest BCUT2D eigenvalue weighted by Crippen LogP contribution is 2.20. The van der Waals surface area contributed by atoms with Gasteiger partial charge in [-0.15, -0.1) is 0 Å². The van der Waals surface area contributed by atoms with E-state index < -0.39 is 0 Å². The summed E-state index contributed by atoms with van der Waals surface area (Å²) in [5, 5.41) is 3.44. The molecule has 0 bridgehead atoms. The normalized spacial score (nSPS) is 27.8. The first-order valence-electron chi connectivity index (χ1n) is 5.11. The molecule has 0 aliphatic carbocycles. The smallest absolute Gasteiger partial charge is 0.00142 e. The van der Waals surface area contributed by atoms with Crippen molar-refractivity contribution in [3.8, 4) is 0 Å². The van der Waals surface area contributed by atoms with E-state index in [1.54, 1.807) is 0 Å². The molecule has 1 aromatic rings. The van der Waals surface area contributed by atoms with Crippen LogP contribution in [0.25, 0.3) is 0 Å². The van der Waals surface area contributed by atoms with Crippen LogP contribution >= 0.6 is 0 Å². The molecule has 1 heteroatoms. The molecule has 2 rings (SSSR count). The van der Waals surface area contributed by atoms with Crippen molar-refractivity contribution >= 4 is 0 Å². The summed E-state index contributed by atoms with van der Waals surface area (Å²) in [6, 6.07) is 10.8. The summed E-state index contributed by atoms with van der Waals surface area (Å²) in [6.07, 6.45) is 1.23. The molecule has 70 valence electrons. The minimum atomic E-state index is 0.834. The van der Waals surface area contributed by atoms with Gasteiger partial charge in [-0.3, -0.25) is 0 Å². The summed E-state index contributed by atoms with van der Waals surface area (Å²) in [5.74, 6) is 1.67. The summed E-state index contributed by atoms with van der Waals surface area (Å²) in [4.78, 5) is 0. The Bertz CT molecular complexity index is 255. The molecule has 1 nitrogen and oxygen atoms in total. The maximum atomic E-state index is 3.44. The summed E-state index contributed by atoms with van der Waals surface area (Å²) in [6.45, 7) is 4.72. The molecule has 1 fully saturated rings. The monoisotopic (exact) mass is 175 g/mol. The van der Waals surface area contributed by atoms with Crippen LogP contribution in [-0.4, -0.2) is 13.1 Å². The molecule has 1 heterocycles. The zero-order valence-electron chi connectivity index (χ0n) is 8.16. The van der Waals surface area contributed by atoms with Crippen molar-refractivity contribution in [1.29, 1.82) is 0 Å². The van der Waals surface area contributed by atoms with E-state index >= 15 is 0 Å². The highest BCUT2D eigenvalue weighted by atomic mass is 14.9. The Hall–Kier alpha value is -0.820. The van der Waals surface area contributed by atoms with Crippen molar-refractivity contribution in [2.24, 2.45) is 11.8 Å². The van der Waals surface area contributed by atoms with Crippen LogP contribution in [0.5, 0.6) is 0 Å². The van der Waals surface area contributed by atoms with Gasteiger partial charge in [-0.05, 0) is 36.9 Å². The second-order valence-electron chi connectivity index (χ2n) is 4.09. The maximum absolute atomic E-state index is 3.44. The lowest BCUT2D eigenvalue weighted by molar-refractivity contribution is 0.451. The van der Waals surface area contributed by atoms with Gasteiger partial charge in [-0.25, -0.2) is 0 Å². The predicted molar refractivity (Wildman–Crippen MR) is 55.7 cm³/mol. The molecule has 0 spiro atoms. The van der Waals surface area contributed by atoms with E-state index in [-0.39, 0.29) is 0 Å². The topological polar surface area (TPSA) is 12.0 Å². The molecule has 13 heavy (non-hydrogen) atoms. The van der Waals surface area contributed by atoms with Crippen LogP contribution in [-0.2, 0) is 6.42 Å². The lowest BCUT2D eigenvalue weighted by Crippen LogP contribution is -2.12. The first-order valence-corrected chi connectivity index (χ1v) is 5.11. The van der Waals surface area contributed by atoms with Crippen LogP contribution in [0.15, 0.2) is 30.3 Å². The van der Waals surface area contributed by atoms with Gasteiger partial charge < -0.3 is 5.32 Å². The molecule has 0 amide bonds. The Labute approximate surface area is 80.2 Å². The number of nitrogens with one attached hydrogen (secondary N) is 1. The van der Waals surface area contributed by atoms with Gasteiger partial charge in [0.1, 0.15) is 0 Å². The average Bonchev–Trinajstić information content (AvgIpc) is 2.54. The van der Waals surface area contributed by atoms with Crippen LogP contribution < -0.4 is 5.32 Å². The molecule has 0 aromatic heterocycles. The highest BCUT2D eigenvalue weighted by molar-refractivity contribution is 5.15. The van der Waals surface area contributed by atoms with Crippen molar-refractivity contribution in [2.75, 3.05) is 13.1 Å². The SMILES string of the molecule is C[C@@H]1CNC[C@H]1Cc1ccccc1. The van der Waals surface area contributed by atoms with Crippen molar-refractivity contribution in [1.82, 2.24) is 5.32 Å². The van der Waals surface area contributed by atoms with Gasteiger partial charge in [0.05, 0.1) is 0 Å². The van der Waals surface area contributed by atoms with Crippen LogP contribution in [0.4, 0.5) is 0 Å². The summed E-state index contributed by atoms with van der Waals surface area (Å²) >= 11 is 0.